The number of pyridine rings is 1. The van der Waals surface area contributed by atoms with Crippen LogP contribution < -0.4 is 15.0 Å². The zero-order chi connectivity index (χ0) is 22.6. The minimum Gasteiger partial charge on any atom is -0.477 e. The van der Waals surface area contributed by atoms with Gasteiger partial charge in [-0.25, -0.2) is 18.7 Å². The molecule has 2 aliphatic rings. The molecule has 4 rings (SSSR count). The topological polar surface area (TPSA) is 68.7 Å². The predicted octanol–water partition coefficient (Wildman–Crippen LogP) is 4.07. The molecule has 1 saturated carbocycles. The molecule has 1 atom stereocenters. The van der Waals surface area contributed by atoms with Crippen molar-refractivity contribution in [3.63, 3.8) is 0 Å². The summed E-state index contributed by atoms with van der Waals surface area (Å²) in [5.41, 5.74) is 0.777. The van der Waals surface area contributed by atoms with Gasteiger partial charge in [-0.05, 0) is 38.7 Å². The average molecular weight is 471 g/mol. The van der Waals surface area contributed by atoms with Gasteiger partial charge in [0.05, 0.1) is 26.0 Å². The van der Waals surface area contributed by atoms with Gasteiger partial charge in [-0.3, -0.25) is 5.32 Å². The number of thiazole rings is 1. The van der Waals surface area contributed by atoms with Crippen LogP contribution in [0.2, 0.25) is 0 Å². The third-order valence-electron chi connectivity index (χ3n) is 5.96. The van der Waals surface area contributed by atoms with Crippen molar-refractivity contribution in [3.8, 4) is 5.88 Å². The van der Waals surface area contributed by atoms with E-state index in [0.717, 1.165) is 28.3 Å². The number of halogens is 2. The van der Waals surface area contributed by atoms with Gasteiger partial charge in [0.2, 0.25) is 5.88 Å². The molecule has 0 radical (unpaired) electrons. The first-order valence-corrected chi connectivity index (χ1v) is 12.2. The molecule has 1 saturated heterocycles. The Balaban J connectivity index is 1.19. The summed E-state index contributed by atoms with van der Waals surface area (Å²) in [7, 11) is 0. The Morgan fingerprint density at radius 1 is 1.25 bits per heavy atom. The summed E-state index contributed by atoms with van der Waals surface area (Å²) in [6.07, 6.45) is 2.02. The van der Waals surface area contributed by atoms with Crippen molar-refractivity contribution in [2.45, 2.75) is 57.6 Å². The maximum atomic E-state index is 13.4. The summed E-state index contributed by atoms with van der Waals surface area (Å²) in [5, 5.41) is 4.02. The van der Waals surface area contributed by atoms with E-state index in [1.165, 1.54) is 11.3 Å². The highest BCUT2D eigenvalue weighted by Gasteiger charge is 2.35. The number of fused-ring (bicyclic) bond motifs is 1. The third kappa shape index (κ3) is 6.24. The van der Waals surface area contributed by atoms with Crippen LogP contribution in [0.25, 0.3) is 10.3 Å². The van der Waals surface area contributed by atoms with Crippen LogP contribution in [0.3, 0.4) is 0 Å². The fraction of sp³-hybridized carbons (Fsp3) is 0.727. The van der Waals surface area contributed by atoms with Crippen molar-refractivity contribution in [2.75, 3.05) is 44.5 Å². The molecule has 1 N–H and O–H groups in total. The summed E-state index contributed by atoms with van der Waals surface area (Å²) in [6, 6.07) is 3.98. The van der Waals surface area contributed by atoms with E-state index in [4.69, 9.17) is 14.2 Å². The summed E-state index contributed by atoms with van der Waals surface area (Å²) in [6.45, 7) is 7.25. The molecular weight excluding hydrogens is 438 g/mol. The molecule has 0 bridgehead atoms. The van der Waals surface area contributed by atoms with Crippen molar-refractivity contribution >= 4 is 26.8 Å². The standard InChI is InChI=1S/C22H32F2N4O3S/c1-3-29-14-25-15(2)12-30-17-10-16(11-17)13-31-19-5-4-18-20(27-19)32-21(26-18)28-8-6-22(23,24)7-9-28/h4-5,15-17,25H,3,6-14H2,1-2H3/t15-,16-,17-/m0/s1. The Bertz CT molecular complexity index is 868. The van der Waals surface area contributed by atoms with E-state index in [-0.39, 0.29) is 25.0 Å². The smallest absolute Gasteiger partial charge is 0.251 e. The molecule has 0 amide bonds. The van der Waals surface area contributed by atoms with Crippen LogP contribution in [-0.4, -0.2) is 67.7 Å². The minimum absolute atomic E-state index is 0.125. The summed E-state index contributed by atoms with van der Waals surface area (Å²) in [5.74, 6) is -1.51. The molecule has 0 unspecified atom stereocenters. The Kier molecular flexibility index (Phi) is 7.75. The number of rotatable bonds is 11. The lowest BCUT2D eigenvalue weighted by molar-refractivity contribution is -0.0503. The maximum Gasteiger partial charge on any atom is 0.251 e. The number of ether oxygens (including phenoxy) is 3. The molecular formula is C22H32F2N4O3S. The number of anilines is 1. The van der Waals surface area contributed by atoms with Crippen LogP contribution in [0.4, 0.5) is 13.9 Å². The van der Waals surface area contributed by atoms with Crippen molar-refractivity contribution < 1.29 is 23.0 Å². The highest BCUT2D eigenvalue weighted by molar-refractivity contribution is 7.21. The average Bonchev–Trinajstić information content (AvgIpc) is 3.15. The van der Waals surface area contributed by atoms with Crippen LogP contribution in [0.15, 0.2) is 12.1 Å². The van der Waals surface area contributed by atoms with E-state index < -0.39 is 5.92 Å². The monoisotopic (exact) mass is 470 g/mol. The summed E-state index contributed by atoms with van der Waals surface area (Å²) >= 11 is 1.43. The maximum absolute atomic E-state index is 13.4. The predicted molar refractivity (Wildman–Crippen MR) is 121 cm³/mol. The van der Waals surface area contributed by atoms with E-state index >= 15 is 0 Å². The van der Waals surface area contributed by atoms with Crippen molar-refractivity contribution in [1.82, 2.24) is 15.3 Å². The second-order valence-electron chi connectivity index (χ2n) is 8.66. The Morgan fingerprint density at radius 3 is 2.78 bits per heavy atom. The van der Waals surface area contributed by atoms with Crippen LogP contribution in [0.1, 0.15) is 39.5 Å². The van der Waals surface area contributed by atoms with E-state index in [1.807, 2.05) is 24.0 Å². The number of hydrogen-bond donors (Lipinski definition) is 1. The highest BCUT2D eigenvalue weighted by atomic mass is 32.1. The molecule has 3 heterocycles. The second kappa shape index (κ2) is 10.5. The van der Waals surface area contributed by atoms with Gasteiger partial charge in [0, 0.05) is 44.6 Å². The lowest BCUT2D eigenvalue weighted by Gasteiger charge is -2.35. The Labute approximate surface area is 191 Å². The molecule has 0 aromatic carbocycles. The molecule has 0 spiro atoms. The number of aromatic nitrogens is 2. The van der Waals surface area contributed by atoms with E-state index in [1.54, 1.807) is 0 Å². The number of piperidine rings is 1. The van der Waals surface area contributed by atoms with Crippen LogP contribution in [0, 0.1) is 5.92 Å². The van der Waals surface area contributed by atoms with Crippen molar-refractivity contribution in [3.05, 3.63) is 12.1 Å². The van der Waals surface area contributed by atoms with Gasteiger partial charge < -0.3 is 19.1 Å². The molecule has 178 valence electrons. The molecule has 10 heteroatoms. The molecule has 2 aromatic rings. The highest BCUT2D eigenvalue weighted by Crippen LogP contribution is 2.35. The number of nitrogens with one attached hydrogen (secondary N) is 1. The lowest BCUT2D eigenvalue weighted by atomic mass is 9.83. The molecule has 2 aromatic heterocycles. The number of nitrogens with zero attached hydrogens (tertiary/aromatic N) is 3. The number of hydrogen-bond acceptors (Lipinski definition) is 8. The summed E-state index contributed by atoms with van der Waals surface area (Å²) < 4.78 is 43.9. The number of alkyl halides is 2. The van der Waals surface area contributed by atoms with E-state index in [0.29, 0.717) is 51.4 Å². The van der Waals surface area contributed by atoms with Crippen molar-refractivity contribution in [1.29, 1.82) is 0 Å². The largest absolute Gasteiger partial charge is 0.477 e. The first-order chi connectivity index (χ1) is 15.4. The van der Waals surface area contributed by atoms with Gasteiger partial charge in [-0.2, -0.15) is 0 Å². The normalized spacial score (nSPS) is 23.8. The molecule has 7 nitrogen and oxygen atoms in total. The van der Waals surface area contributed by atoms with Crippen LogP contribution >= 0.6 is 11.3 Å². The minimum atomic E-state index is -2.56. The first kappa shape index (κ1) is 23.5. The fourth-order valence-corrected chi connectivity index (χ4v) is 4.80. The first-order valence-electron chi connectivity index (χ1n) is 11.4. The lowest BCUT2D eigenvalue weighted by Crippen LogP contribution is -2.39. The zero-order valence-electron chi connectivity index (χ0n) is 18.7. The second-order valence-corrected chi connectivity index (χ2v) is 9.62. The quantitative estimate of drug-likeness (QED) is 0.392. The molecule has 2 fully saturated rings. The van der Waals surface area contributed by atoms with Gasteiger partial charge >= 0.3 is 0 Å². The van der Waals surface area contributed by atoms with E-state index in [9.17, 15) is 8.78 Å². The molecule has 32 heavy (non-hydrogen) atoms. The van der Waals surface area contributed by atoms with Gasteiger partial charge in [0.1, 0.15) is 10.3 Å². The van der Waals surface area contributed by atoms with Gasteiger partial charge in [0.25, 0.3) is 5.92 Å². The van der Waals surface area contributed by atoms with Gasteiger partial charge in [-0.15, -0.1) is 0 Å². The van der Waals surface area contributed by atoms with E-state index in [2.05, 4.69) is 22.2 Å². The summed E-state index contributed by atoms with van der Waals surface area (Å²) in [4.78, 5) is 11.8. The fourth-order valence-electron chi connectivity index (χ4n) is 3.82. The van der Waals surface area contributed by atoms with Crippen molar-refractivity contribution in [2.24, 2.45) is 5.92 Å². The third-order valence-corrected chi connectivity index (χ3v) is 6.99. The van der Waals surface area contributed by atoms with Gasteiger partial charge in [-0.1, -0.05) is 11.3 Å². The van der Waals surface area contributed by atoms with Crippen LogP contribution in [-0.2, 0) is 9.47 Å². The van der Waals surface area contributed by atoms with Crippen LogP contribution in [0.5, 0.6) is 5.88 Å². The zero-order valence-corrected chi connectivity index (χ0v) is 19.5. The van der Waals surface area contributed by atoms with Gasteiger partial charge in [0.15, 0.2) is 5.13 Å². The Morgan fingerprint density at radius 2 is 2.03 bits per heavy atom. The SMILES string of the molecule is CCOCN[C@@H](C)CO[C@H]1C[C@H](COc2ccc3nc(N4CCC(F)(F)CC4)sc3n2)C1. The Hall–Kier alpha value is -1.62. The molecule has 1 aliphatic heterocycles. The molecule has 1 aliphatic carbocycles.